The van der Waals surface area contributed by atoms with Crippen molar-refractivity contribution in [1.82, 2.24) is 5.32 Å². The van der Waals surface area contributed by atoms with E-state index in [2.05, 4.69) is 56.4 Å². The Morgan fingerprint density at radius 3 is 2.63 bits per heavy atom. The van der Waals surface area contributed by atoms with Gasteiger partial charge >= 0.3 is 0 Å². The van der Waals surface area contributed by atoms with E-state index in [-0.39, 0.29) is 0 Å². The zero-order valence-corrected chi connectivity index (χ0v) is 12.4. The molecule has 0 spiro atoms. The molecule has 1 heteroatoms. The molecule has 1 nitrogen and oxygen atoms in total. The molecule has 0 heterocycles. The van der Waals surface area contributed by atoms with Gasteiger partial charge in [0.1, 0.15) is 0 Å². The van der Waals surface area contributed by atoms with Gasteiger partial charge in [-0.1, -0.05) is 49.3 Å². The maximum atomic E-state index is 3.55. The maximum absolute atomic E-state index is 3.55. The predicted octanol–water partition coefficient (Wildman–Crippen LogP) is 4.70. The zero-order chi connectivity index (χ0) is 13.7. The summed E-state index contributed by atoms with van der Waals surface area (Å²) in [5, 5.41) is 3.55. The summed E-state index contributed by atoms with van der Waals surface area (Å²) in [5.41, 5.74) is 7.25. The predicted molar refractivity (Wildman–Crippen MR) is 84.0 cm³/mol. The Morgan fingerprint density at radius 1 is 1.16 bits per heavy atom. The van der Waals surface area contributed by atoms with Crippen molar-refractivity contribution in [2.75, 3.05) is 6.54 Å². The van der Waals surface area contributed by atoms with Crippen LogP contribution in [0.4, 0.5) is 0 Å². The Labute approximate surface area is 117 Å². The van der Waals surface area contributed by atoms with Crippen LogP contribution in [0.15, 0.2) is 41.5 Å². The van der Waals surface area contributed by atoms with E-state index >= 15 is 0 Å². The van der Waals surface area contributed by atoms with Crippen LogP contribution in [0.3, 0.4) is 0 Å². The van der Waals surface area contributed by atoms with Gasteiger partial charge in [0.25, 0.3) is 0 Å². The second-order valence-corrected chi connectivity index (χ2v) is 5.38. The molecule has 0 saturated carbocycles. The third kappa shape index (κ3) is 3.36. The summed E-state index contributed by atoms with van der Waals surface area (Å²) in [6, 6.07) is 8.81. The van der Waals surface area contributed by atoms with Gasteiger partial charge in [0.05, 0.1) is 0 Å². The third-order valence-corrected chi connectivity index (χ3v) is 4.02. The second-order valence-electron chi connectivity index (χ2n) is 5.38. The first-order valence-corrected chi connectivity index (χ1v) is 7.40. The highest BCUT2D eigenvalue weighted by Gasteiger charge is 2.14. The minimum absolute atomic E-state index is 0.978. The summed E-state index contributed by atoms with van der Waals surface area (Å²) >= 11 is 0. The average Bonchev–Trinajstić information content (AvgIpc) is 2.76. The summed E-state index contributed by atoms with van der Waals surface area (Å²) in [6.45, 7) is 8.78. The smallest absolute Gasteiger partial charge is 0.0211 e. The quantitative estimate of drug-likeness (QED) is 0.726. The molecular weight excluding hydrogens is 230 g/mol. The van der Waals surface area contributed by atoms with Gasteiger partial charge in [0.2, 0.25) is 0 Å². The van der Waals surface area contributed by atoms with E-state index in [1.165, 1.54) is 40.7 Å². The highest BCUT2D eigenvalue weighted by Crippen LogP contribution is 2.34. The number of hydrogen-bond donors (Lipinski definition) is 1. The normalized spacial score (nSPS) is 15.0. The van der Waals surface area contributed by atoms with Crippen molar-refractivity contribution in [2.24, 2.45) is 0 Å². The molecular formula is C18H25N. The molecule has 0 radical (unpaired) electrons. The van der Waals surface area contributed by atoms with Crippen molar-refractivity contribution in [1.29, 1.82) is 0 Å². The first kappa shape index (κ1) is 14.1. The molecule has 1 aromatic rings. The van der Waals surface area contributed by atoms with Crippen LogP contribution in [-0.2, 0) is 6.54 Å². The van der Waals surface area contributed by atoms with Crippen molar-refractivity contribution in [2.45, 2.75) is 46.6 Å². The lowest BCUT2D eigenvalue weighted by molar-refractivity contribution is 0.641. The number of hydrogen-bond acceptors (Lipinski definition) is 1. The molecule has 0 aromatic heterocycles. The monoisotopic (exact) mass is 255 g/mol. The Hall–Kier alpha value is -1.34. The van der Waals surface area contributed by atoms with E-state index < -0.39 is 0 Å². The van der Waals surface area contributed by atoms with Gasteiger partial charge in [-0.25, -0.2) is 0 Å². The first-order valence-electron chi connectivity index (χ1n) is 7.40. The van der Waals surface area contributed by atoms with Gasteiger partial charge in [-0.05, 0) is 55.5 Å². The van der Waals surface area contributed by atoms with Crippen LogP contribution in [-0.4, -0.2) is 6.54 Å². The molecule has 1 N–H and O–H groups in total. The fourth-order valence-corrected chi connectivity index (χ4v) is 2.60. The van der Waals surface area contributed by atoms with Crippen molar-refractivity contribution < 1.29 is 0 Å². The van der Waals surface area contributed by atoms with E-state index in [4.69, 9.17) is 0 Å². The van der Waals surface area contributed by atoms with Crippen molar-refractivity contribution >= 4 is 5.57 Å². The standard InChI is InChI=1S/C18H25N/c1-4-5-12-19-13-16-8-6-7-9-18(16)17-11-10-14(2)15(17)3/h6-10,19H,4-5,11-13H2,1-3H3. The molecule has 19 heavy (non-hydrogen) atoms. The van der Waals surface area contributed by atoms with Crippen LogP contribution >= 0.6 is 0 Å². The first-order chi connectivity index (χ1) is 9.24. The summed E-state index contributed by atoms with van der Waals surface area (Å²) in [6.07, 6.45) is 5.93. The number of rotatable bonds is 6. The number of benzene rings is 1. The summed E-state index contributed by atoms with van der Waals surface area (Å²) in [5.74, 6) is 0. The maximum Gasteiger partial charge on any atom is 0.0211 e. The minimum atomic E-state index is 0.978. The van der Waals surface area contributed by atoms with Gasteiger partial charge in [0.15, 0.2) is 0 Å². The zero-order valence-electron chi connectivity index (χ0n) is 12.4. The highest BCUT2D eigenvalue weighted by molar-refractivity contribution is 5.77. The molecule has 1 aliphatic rings. The van der Waals surface area contributed by atoms with E-state index in [9.17, 15) is 0 Å². The van der Waals surface area contributed by atoms with E-state index in [0.717, 1.165) is 19.5 Å². The van der Waals surface area contributed by atoms with Gasteiger partial charge in [0, 0.05) is 6.54 Å². The third-order valence-electron chi connectivity index (χ3n) is 4.02. The average molecular weight is 255 g/mol. The Bertz CT molecular complexity index is 494. The molecule has 2 rings (SSSR count). The van der Waals surface area contributed by atoms with E-state index in [1.807, 2.05) is 0 Å². The van der Waals surface area contributed by atoms with E-state index in [0.29, 0.717) is 0 Å². The SMILES string of the molecule is CCCCNCc1ccccc1C1=C(C)C(C)=CC1. The Balaban J connectivity index is 2.14. The molecule has 0 saturated heterocycles. The van der Waals surface area contributed by atoms with Crippen LogP contribution in [0.1, 0.15) is 51.2 Å². The topological polar surface area (TPSA) is 12.0 Å². The van der Waals surface area contributed by atoms with Crippen molar-refractivity contribution in [3.8, 4) is 0 Å². The second kappa shape index (κ2) is 6.72. The van der Waals surface area contributed by atoms with Crippen LogP contribution in [0.5, 0.6) is 0 Å². The number of allylic oxidation sites excluding steroid dienone is 4. The molecule has 0 atom stereocenters. The molecule has 1 aliphatic carbocycles. The molecule has 0 fully saturated rings. The Kier molecular flexibility index (Phi) is 4.98. The van der Waals surface area contributed by atoms with Gasteiger partial charge in [-0.2, -0.15) is 0 Å². The van der Waals surface area contributed by atoms with Gasteiger partial charge in [-0.3, -0.25) is 0 Å². The van der Waals surface area contributed by atoms with Gasteiger partial charge in [-0.15, -0.1) is 0 Å². The fourth-order valence-electron chi connectivity index (χ4n) is 2.60. The lowest BCUT2D eigenvalue weighted by Crippen LogP contribution is -2.15. The summed E-state index contributed by atoms with van der Waals surface area (Å²) in [7, 11) is 0. The lowest BCUT2D eigenvalue weighted by atomic mass is 9.96. The van der Waals surface area contributed by atoms with Crippen LogP contribution < -0.4 is 5.32 Å². The highest BCUT2D eigenvalue weighted by atomic mass is 14.8. The molecule has 102 valence electrons. The van der Waals surface area contributed by atoms with E-state index in [1.54, 1.807) is 0 Å². The molecule has 0 amide bonds. The minimum Gasteiger partial charge on any atom is -0.313 e. The number of nitrogens with one attached hydrogen (secondary N) is 1. The lowest BCUT2D eigenvalue weighted by Gasteiger charge is -2.13. The molecule has 0 aliphatic heterocycles. The molecule has 0 bridgehead atoms. The van der Waals surface area contributed by atoms with Crippen LogP contribution in [0.25, 0.3) is 5.57 Å². The summed E-state index contributed by atoms with van der Waals surface area (Å²) in [4.78, 5) is 0. The van der Waals surface area contributed by atoms with Gasteiger partial charge < -0.3 is 5.32 Å². The van der Waals surface area contributed by atoms with Crippen molar-refractivity contribution in [3.05, 3.63) is 52.6 Å². The molecule has 0 unspecified atom stereocenters. The fraction of sp³-hybridized carbons (Fsp3) is 0.444. The number of unbranched alkanes of at least 4 members (excludes halogenated alkanes) is 1. The van der Waals surface area contributed by atoms with Crippen LogP contribution in [0.2, 0.25) is 0 Å². The summed E-state index contributed by atoms with van der Waals surface area (Å²) < 4.78 is 0. The largest absolute Gasteiger partial charge is 0.313 e. The Morgan fingerprint density at radius 2 is 1.95 bits per heavy atom. The molecule has 1 aromatic carbocycles. The van der Waals surface area contributed by atoms with Crippen LogP contribution in [0, 0.1) is 0 Å². The van der Waals surface area contributed by atoms with Crippen molar-refractivity contribution in [3.63, 3.8) is 0 Å².